The van der Waals surface area contributed by atoms with Crippen LogP contribution in [0.2, 0.25) is 0 Å². The molecule has 0 radical (unpaired) electrons. The first-order chi connectivity index (χ1) is 11.9. The Labute approximate surface area is 148 Å². The molecule has 2 rings (SSSR count). The maximum atomic E-state index is 13.4. The molecule has 0 saturated heterocycles. The average Bonchev–Trinajstić information content (AvgIpc) is 3.10. The van der Waals surface area contributed by atoms with E-state index in [0.29, 0.717) is 6.54 Å². The van der Waals surface area contributed by atoms with Gasteiger partial charge in [0.25, 0.3) is 0 Å². The van der Waals surface area contributed by atoms with Gasteiger partial charge >= 0.3 is 0 Å². The molecule has 1 aliphatic rings. The zero-order valence-corrected chi connectivity index (χ0v) is 15.0. The van der Waals surface area contributed by atoms with Gasteiger partial charge in [0.2, 0.25) is 11.8 Å². The summed E-state index contributed by atoms with van der Waals surface area (Å²) in [7, 11) is 0. The summed E-state index contributed by atoms with van der Waals surface area (Å²) in [6, 6.07) is 5.81. The highest BCUT2D eigenvalue weighted by Gasteiger charge is 2.27. The molecule has 1 aromatic rings. The number of hydrogen-bond acceptors (Lipinski definition) is 3. The summed E-state index contributed by atoms with van der Waals surface area (Å²) < 4.78 is 13.4. The Bertz CT molecular complexity index is 600. The van der Waals surface area contributed by atoms with E-state index in [4.69, 9.17) is 5.73 Å². The number of carbonyl (C=O) groups excluding carboxylic acids is 2. The van der Waals surface area contributed by atoms with Crippen molar-refractivity contribution in [3.8, 4) is 0 Å². The molecule has 1 aliphatic carbocycles. The number of rotatable bonds is 7. The summed E-state index contributed by atoms with van der Waals surface area (Å²) in [5.74, 6) is -0.776. The van der Waals surface area contributed by atoms with Crippen LogP contribution in [0.5, 0.6) is 0 Å². The van der Waals surface area contributed by atoms with E-state index in [1.54, 1.807) is 11.0 Å². The van der Waals surface area contributed by atoms with Gasteiger partial charge in [-0.1, -0.05) is 38.8 Å². The van der Waals surface area contributed by atoms with Crippen molar-refractivity contribution in [2.24, 2.45) is 11.7 Å². The minimum Gasteiger partial charge on any atom is -0.346 e. The predicted molar refractivity (Wildman–Crippen MR) is 95.0 cm³/mol. The SMILES string of the molecule is CC(C)[C@H](N)C(=O)NCC(=O)N(Cc1cccc(F)c1)C1CCCC1. The van der Waals surface area contributed by atoms with E-state index >= 15 is 0 Å². The number of halogens is 1. The number of hydrogen-bond donors (Lipinski definition) is 2. The first-order valence-corrected chi connectivity index (χ1v) is 8.95. The summed E-state index contributed by atoms with van der Waals surface area (Å²) in [6.45, 7) is 4.00. The molecule has 0 bridgehead atoms. The van der Waals surface area contributed by atoms with Crippen LogP contribution in [0.1, 0.15) is 45.1 Å². The predicted octanol–water partition coefficient (Wildman–Crippen LogP) is 2.20. The molecule has 3 N–H and O–H groups in total. The number of nitrogens with zero attached hydrogens (tertiary/aromatic N) is 1. The minimum atomic E-state index is -0.629. The fourth-order valence-corrected chi connectivity index (χ4v) is 3.15. The van der Waals surface area contributed by atoms with Gasteiger partial charge in [0.1, 0.15) is 5.82 Å². The van der Waals surface area contributed by atoms with Crippen LogP contribution in [0.15, 0.2) is 24.3 Å². The molecule has 0 aromatic heterocycles. The van der Waals surface area contributed by atoms with Crippen molar-refractivity contribution >= 4 is 11.8 Å². The lowest BCUT2D eigenvalue weighted by molar-refractivity contribution is -0.135. The highest BCUT2D eigenvalue weighted by molar-refractivity contribution is 5.87. The van der Waals surface area contributed by atoms with Gasteiger partial charge < -0.3 is 16.0 Å². The zero-order valence-electron chi connectivity index (χ0n) is 15.0. The van der Waals surface area contributed by atoms with Gasteiger partial charge in [0.15, 0.2) is 0 Å². The van der Waals surface area contributed by atoms with Crippen molar-refractivity contribution in [2.75, 3.05) is 6.54 Å². The van der Waals surface area contributed by atoms with Gasteiger partial charge in [-0.2, -0.15) is 0 Å². The van der Waals surface area contributed by atoms with Gasteiger partial charge in [0.05, 0.1) is 12.6 Å². The van der Waals surface area contributed by atoms with Crippen molar-refractivity contribution in [1.29, 1.82) is 0 Å². The Morgan fingerprint density at radius 2 is 2.00 bits per heavy atom. The number of nitrogens with two attached hydrogens (primary N) is 1. The van der Waals surface area contributed by atoms with Crippen LogP contribution in [-0.4, -0.2) is 35.3 Å². The average molecular weight is 349 g/mol. The third-order valence-corrected chi connectivity index (χ3v) is 4.76. The molecule has 0 unspecified atom stereocenters. The quantitative estimate of drug-likeness (QED) is 0.792. The van der Waals surface area contributed by atoms with Crippen molar-refractivity contribution < 1.29 is 14.0 Å². The Balaban J connectivity index is 2.02. The molecule has 0 aliphatic heterocycles. The van der Waals surface area contributed by atoms with E-state index in [2.05, 4.69) is 5.32 Å². The van der Waals surface area contributed by atoms with E-state index in [1.165, 1.54) is 12.1 Å². The second-order valence-corrected chi connectivity index (χ2v) is 7.08. The Morgan fingerprint density at radius 3 is 2.60 bits per heavy atom. The third kappa shape index (κ3) is 5.53. The molecular formula is C19H28FN3O2. The van der Waals surface area contributed by atoms with Crippen molar-refractivity contribution in [3.63, 3.8) is 0 Å². The summed E-state index contributed by atoms with van der Waals surface area (Å²) in [6.07, 6.45) is 4.06. The van der Waals surface area contributed by atoms with Gasteiger partial charge in [-0.05, 0) is 36.5 Å². The van der Waals surface area contributed by atoms with Crippen LogP contribution in [0.25, 0.3) is 0 Å². The molecule has 0 spiro atoms. The van der Waals surface area contributed by atoms with Crippen LogP contribution in [0.4, 0.5) is 4.39 Å². The molecule has 5 nitrogen and oxygen atoms in total. The van der Waals surface area contributed by atoms with E-state index < -0.39 is 6.04 Å². The molecule has 25 heavy (non-hydrogen) atoms. The maximum Gasteiger partial charge on any atom is 0.242 e. The van der Waals surface area contributed by atoms with Crippen molar-refractivity contribution in [3.05, 3.63) is 35.6 Å². The highest BCUT2D eigenvalue weighted by Crippen LogP contribution is 2.25. The summed E-state index contributed by atoms with van der Waals surface area (Å²) in [5, 5.41) is 2.64. The topological polar surface area (TPSA) is 75.4 Å². The van der Waals surface area contributed by atoms with E-state index in [1.807, 2.05) is 19.9 Å². The lowest BCUT2D eigenvalue weighted by Crippen LogP contribution is -2.49. The summed E-state index contributed by atoms with van der Waals surface area (Å²) >= 11 is 0. The zero-order chi connectivity index (χ0) is 18.4. The lowest BCUT2D eigenvalue weighted by atomic mass is 10.1. The van der Waals surface area contributed by atoms with Crippen LogP contribution in [-0.2, 0) is 16.1 Å². The summed E-state index contributed by atoms with van der Waals surface area (Å²) in [5.41, 5.74) is 6.56. The largest absolute Gasteiger partial charge is 0.346 e. The number of nitrogens with one attached hydrogen (secondary N) is 1. The van der Waals surface area contributed by atoms with E-state index in [-0.39, 0.29) is 36.1 Å². The van der Waals surface area contributed by atoms with E-state index in [0.717, 1.165) is 31.2 Å². The van der Waals surface area contributed by atoms with Crippen LogP contribution in [0, 0.1) is 11.7 Å². The molecule has 0 heterocycles. The normalized spacial score (nSPS) is 16.0. The van der Waals surface area contributed by atoms with Gasteiger partial charge in [0, 0.05) is 12.6 Å². The fourth-order valence-electron chi connectivity index (χ4n) is 3.15. The number of benzene rings is 1. The Morgan fingerprint density at radius 1 is 1.32 bits per heavy atom. The molecule has 2 amide bonds. The van der Waals surface area contributed by atoms with Crippen LogP contribution >= 0.6 is 0 Å². The Kier molecular flexibility index (Phi) is 6.93. The molecule has 1 saturated carbocycles. The van der Waals surface area contributed by atoms with Crippen LogP contribution < -0.4 is 11.1 Å². The maximum absolute atomic E-state index is 13.4. The minimum absolute atomic E-state index is 0.00771. The Hall–Kier alpha value is -1.95. The second-order valence-electron chi connectivity index (χ2n) is 7.08. The molecular weight excluding hydrogens is 321 g/mol. The first-order valence-electron chi connectivity index (χ1n) is 8.95. The smallest absolute Gasteiger partial charge is 0.242 e. The lowest BCUT2D eigenvalue weighted by Gasteiger charge is -2.29. The summed E-state index contributed by atoms with van der Waals surface area (Å²) in [4.78, 5) is 26.4. The van der Waals surface area contributed by atoms with Crippen LogP contribution in [0.3, 0.4) is 0 Å². The number of amides is 2. The van der Waals surface area contributed by atoms with Crippen molar-refractivity contribution in [1.82, 2.24) is 10.2 Å². The fraction of sp³-hybridized carbons (Fsp3) is 0.579. The monoisotopic (exact) mass is 349 g/mol. The second kappa shape index (κ2) is 8.94. The molecule has 6 heteroatoms. The van der Waals surface area contributed by atoms with Gasteiger partial charge in [-0.15, -0.1) is 0 Å². The highest BCUT2D eigenvalue weighted by atomic mass is 19.1. The number of carbonyl (C=O) groups is 2. The standard InChI is InChI=1S/C19H28FN3O2/c1-13(2)18(21)19(25)22-11-17(24)23(16-8-3-4-9-16)12-14-6-5-7-15(20)10-14/h5-7,10,13,16,18H,3-4,8-9,11-12,21H2,1-2H3,(H,22,25)/t18-/m0/s1. The molecule has 1 fully saturated rings. The molecule has 1 aromatic carbocycles. The van der Waals surface area contributed by atoms with Gasteiger partial charge in [-0.25, -0.2) is 4.39 Å². The van der Waals surface area contributed by atoms with Crippen molar-refractivity contribution in [2.45, 2.75) is 58.2 Å². The third-order valence-electron chi connectivity index (χ3n) is 4.76. The molecule has 138 valence electrons. The van der Waals surface area contributed by atoms with E-state index in [9.17, 15) is 14.0 Å². The molecule has 1 atom stereocenters. The van der Waals surface area contributed by atoms with Gasteiger partial charge in [-0.3, -0.25) is 9.59 Å². The first kappa shape index (κ1) is 19.4.